The molecule has 0 aromatic carbocycles. The van der Waals surface area contributed by atoms with Gasteiger partial charge >= 0.3 is 0 Å². The van der Waals surface area contributed by atoms with Crippen LogP contribution in [0.5, 0.6) is 0 Å². The van der Waals surface area contributed by atoms with Crippen molar-refractivity contribution >= 4 is 17.3 Å². The van der Waals surface area contributed by atoms with Crippen LogP contribution in [0.15, 0.2) is 35.5 Å². The molecule has 1 aliphatic carbocycles. The number of halogens is 1. The number of nitrogens with one attached hydrogen (secondary N) is 1. The molecule has 2 aromatic heterocycles. The summed E-state index contributed by atoms with van der Waals surface area (Å²) in [5.74, 6) is 0.597. The molecule has 0 spiro atoms. The van der Waals surface area contributed by atoms with Crippen molar-refractivity contribution in [1.82, 2.24) is 14.8 Å². The summed E-state index contributed by atoms with van der Waals surface area (Å²) in [5, 5.41) is 7.61. The largest absolute Gasteiger partial charge is 0.379 e. The Hall–Kier alpha value is -1.88. The summed E-state index contributed by atoms with van der Waals surface area (Å²) < 4.78 is 1.51. The van der Waals surface area contributed by atoms with E-state index >= 15 is 0 Å². The average Bonchev–Trinajstić information content (AvgIpc) is 3.31. The van der Waals surface area contributed by atoms with Crippen LogP contribution < -0.4 is 10.9 Å². The van der Waals surface area contributed by atoms with Crippen LogP contribution in [-0.4, -0.2) is 21.3 Å². The molecule has 0 saturated heterocycles. The zero-order chi connectivity index (χ0) is 14.7. The molecule has 0 unspecified atom stereocenters. The molecular weight excluding hydrogens is 288 g/mol. The Bertz CT molecular complexity index is 667. The summed E-state index contributed by atoms with van der Waals surface area (Å²) >= 11 is 6.08. The Balaban J connectivity index is 1.67. The van der Waals surface area contributed by atoms with E-state index in [1.54, 1.807) is 6.20 Å². The minimum atomic E-state index is -0.138. The van der Waals surface area contributed by atoms with E-state index in [2.05, 4.69) is 15.4 Å². The maximum absolute atomic E-state index is 12.3. The number of pyridine rings is 1. The Kier molecular flexibility index (Phi) is 4.20. The third kappa shape index (κ3) is 3.61. The van der Waals surface area contributed by atoms with Gasteiger partial charge in [0.15, 0.2) is 0 Å². The van der Waals surface area contributed by atoms with Crippen molar-refractivity contribution in [2.24, 2.45) is 5.92 Å². The van der Waals surface area contributed by atoms with Crippen LogP contribution in [0.3, 0.4) is 0 Å². The number of hydrogen-bond acceptors (Lipinski definition) is 4. The van der Waals surface area contributed by atoms with Gasteiger partial charge in [-0.05, 0) is 36.8 Å². The summed E-state index contributed by atoms with van der Waals surface area (Å²) in [5.41, 5.74) is 1.42. The number of hydrogen-bond donors (Lipinski definition) is 1. The molecule has 0 aliphatic heterocycles. The van der Waals surface area contributed by atoms with Gasteiger partial charge in [-0.1, -0.05) is 17.7 Å². The van der Waals surface area contributed by atoms with Gasteiger partial charge in [0.2, 0.25) is 0 Å². The first-order valence-electron chi connectivity index (χ1n) is 7.12. The summed E-state index contributed by atoms with van der Waals surface area (Å²) in [7, 11) is 0. The second-order valence-corrected chi connectivity index (χ2v) is 5.74. The van der Waals surface area contributed by atoms with Crippen molar-refractivity contribution < 1.29 is 0 Å². The predicted octanol–water partition coefficient (Wildman–Crippen LogP) is 2.36. The van der Waals surface area contributed by atoms with Crippen LogP contribution in [-0.2, 0) is 13.0 Å². The molecule has 1 aliphatic rings. The van der Waals surface area contributed by atoms with E-state index in [4.69, 9.17) is 11.6 Å². The number of rotatable bonds is 6. The molecule has 110 valence electrons. The molecule has 21 heavy (non-hydrogen) atoms. The topological polar surface area (TPSA) is 59.8 Å². The van der Waals surface area contributed by atoms with Gasteiger partial charge in [-0.15, -0.1) is 0 Å². The number of anilines is 1. The minimum absolute atomic E-state index is 0.138. The number of aromatic nitrogens is 3. The fraction of sp³-hybridized carbons (Fsp3) is 0.400. The molecule has 1 saturated carbocycles. The Morgan fingerprint density at radius 3 is 2.95 bits per heavy atom. The van der Waals surface area contributed by atoms with Gasteiger partial charge < -0.3 is 5.32 Å². The predicted molar refractivity (Wildman–Crippen MR) is 82.7 cm³/mol. The SMILES string of the molecule is O=c1c(NCCc2cccnc2)c(Cl)cnn1CC1CC1. The fourth-order valence-electron chi connectivity index (χ4n) is 2.18. The van der Waals surface area contributed by atoms with Crippen LogP contribution in [0.4, 0.5) is 5.69 Å². The Morgan fingerprint density at radius 2 is 2.24 bits per heavy atom. The highest BCUT2D eigenvalue weighted by molar-refractivity contribution is 6.32. The van der Waals surface area contributed by atoms with Crippen molar-refractivity contribution in [3.8, 4) is 0 Å². The van der Waals surface area contributed by atoms with E-state index in [-0.39, 0.29) is 5.56 Å². The van der Waals surface area contributed by atoms with Crippen LogP contribution in [0.1, 0.15) is 18.4 Å². The van der Waals surface area contributed by atoms with E-state index in [0.717, 1.165) is 12.0 Å². The highest BCUT2D eigenvalue weighted by Gasteiger charge is 2.23. The molecule has 0 amide bonds. The lowest BCUT2D eigenvalue weighted by Crippen LogP contribution is -2.27. The lowest BCUT2D eigenvalue weighted by molar-refractivity contribution is 0.534. The molecule has 5 nitrogen and oxygen atoms in total. The van der Waals surface area contributed by atoms with Gasteiger partial charge in [0.25, 0.3) is 5.56 Å². The second kappa shape index (κ2) is 6.26. The van der Waals surface area contributed by atoms with Gasteiger partial charge in [-0.25, -0.2) is 4.68 Å². The molecular formula is C15H17ClN4O. The molecule has 1 N–H and O–H groups in total. The normalized spacial score (nSPS) is 14.1. The van der Waals surface area contributed by atoms with Crippen LogP contribution in [0.2, 0.25) is 5.02 Å². The molecule has 0 atom stereocenters. The lowest BCUT2D eigenvalue weighted by Gasteiger charge is -2.10. The van der Waals surface area contributed by atoms with Crippen molar-refractivity contribution in [3.63, 3.8) is 0 Å². The van der Waals surface area contributed by atoms with Crippen molar-refractivity contribution in [3.05, 3.63) is 51.7 Å². The fourth-order valence-corrected chi connectivity index (χ4v) is 2.37. The first-order valence-corrected chi connectivity index (χ1v) is 7.50. The van der Waals surface area contributed by atoms with E-state index in [9.17, 15) is 4.79 Å². The lowest BCUT2D eigenvalue weighted by atomic mass is 10.2. The van der Waals surface area contributed by atoms with E-state index < -0.39 is 0 Å². The van der Waals surface area contributed by atoms with E-state index in [0.29, 0.717) is 29.7 Å². The summed E-state index contributed by atoms with van der Waals surface area (Å²) in [4.78, 5) is 16.4. The first-order chi connectivity index (χ1) is 10.2. The average molecular weight is 305 g/mol. The third-order valence-electron chi connectivity index (χ3n) is 3.56. The third-order valence-corrected chi connectivity index (χ3v) is 3.85. The van der Waals surface area contributed by atoms with E-state index in [1.807, 2.05) is 18.3 Å². The summed E-state index contributed by atoms with van der Waals surface area (Å²) in [6.07, 6.45) is 8.25. The highest BCUT2D eigenvalue weighted by Crippen LogP contribution is 2.30. The zero-order valence-electron chi connectivity index (χ0n) is 11.6. The van der Waals surface area contributed by atoms with Gasteiger partial charge in [-0.3, -0.25) is 9.78 Å². The Morgan fingerprint density at radius 1 is 1.38 bits per heavy atom. The van der Waals surface area contributed by atoms with Crippen molar-refractivity contribution in [2.45, 2.75) is 25.8 Å². The van der Waals surface area contributed by atoms with E-state index in [1.165, 1.54) is 23.7 Å². The molecule has 2 aromatic rings. The minimum Gasteiger partial charge on any atom is -0.379 e. The van der Waals surface area contributed by atoms with Gasteiger partial charge in [0.1, 0.15) is 5.69 Å². The van der Waals surface area contributed by atoms with Crippen LogP contribution >= 0.6 is 11.6 Å². The first kappa shape index (κ1) is 14.1. The molecule has 3 rings (SSSR count). The smallest absolute Gasteiger partial charge is 0.291 e. The summed E-state index contributed by atoms with van der Waals surface area (Å²) in [6, 6.07) is 3.91. The molecule has 6 heteroatoms. The van der Waals surface area contributed by atoms with Gasteiger partial charge in [0.05, 0.1) is 11.2 Å². The maximum Gasteiger partial charge on any atom is 0.291 e. The van der Waals surface area contributed by atoms with Crippen LogP contribution in [0.25, 0.3) is 0 Å². The number of nitrogens with zero attached hydrogens (tertiary/aromatic N) is 3. The monoisotopic (exact) mass is 304 g/mol. The van der Waals surface area contributed by atoms with Gasteiger partial charge in [-0.2, -0.15) is 5.10 Å². The highest BCUT2D eigenvalue weighted by atomic mass is 35.5. The maximum atomic E-state index is 12.3. The summed E-state index contributed by atoms with van der Waals surface area (Å²) in [6.45, 7) is 1.32. The van der Waals surface area contributed by atoms with Crippen molar-refractivity contribution in [1.29, 1.82) is 0 Å². The quantitative estimate of drug-likeness (QED) is 0.890. The second-order valence-electron chi connectivity index (χ2n) is 5.34. The molecule has 2 heterocycles. The standard InChI is InChI=1S/C15H17ClN4O/c16-13-9-19-20(10-12-3-4-12)15(21)14(13)18-7-5-11-2-1-6-17-8-11/h1-2,6,8-9,12,18H,3-5,7,10H2. The molecule has 1 fully saturated rings. The van der Waals surface area contributed by atoms with Gasteiger partial charge in [0, 0.05) is 25.5 Å². The zero-order valence-corrected chi connectivity index (χ0v) is 12.4. The molecule has 0 bridgehead atoms. The van der Waals surface area contributed by atoms with Crippen molar-refractivity contribution in [2.75, 3.05) is 11.9 Å². The Labute approximate surface area is 128 Å². The van der Waals surface area contributed by atoms with Crippen LogP contribution in [0, 0.1) is 5.92 Å². The molecule has 0 radical (unpaired) electrons.